The van der Waals surface area contributed by atoms with E-state index in [-0.39, 0.29) is 24.3 Å². The molecule has 2 aromatic rings. The lowest BCUT2D eigenvalue weighted by molar-refractivity contribution is -0.384. The Bertz CT molecular complexity index is 977. The van der Waals surface area contributed by atoms with Crippen LogP contribution >= 0.6 is 31.9 Å². The van der Waals surface area contributed by atoms with Crippen LogP contribution in [0.3, 0.4) is 0 Å². The molecule has 0 aliphatic carbocycles. The number of rotatable bonds is 9. The molecule has 3 N–H and O–H groups in total. The largest absolute Gasteiger partial charge is 0.466 e. The van der Waals surface area contributed by atoms with Crippen molar-refractivity contribution in [3.8, 4) is 0 Å². The van der Waals surface area contributed by atoms with Crippen molar-refractivity contribution < 1.29 is 24.0 Å². The van der Waals surface area contributed by atoms with Crippen LogP contribution in [0.5, 0.6) is 0 Å². The number of esters is 1. The van der Waals surface area contributed by atoms with Gasteiger partial charge in [0.05, 0.1) is 18.0 Å². The highest BCUT2D eigenvalue weighted by Gasteiger charge is 2.32. The summed E-state index contributed by atoms with van der Waals surface area (Å²) in [5.41, 5.74) is 6.07. The Labute approximate surface area is 194 Å². The number of halogens is 2. The first kappa shape index (κ1) is 24.5. The second-order valence-electron chi connectivity index (χ2n) is 6.48. The number of hydrogen-bond acceptors (Lipinski definition) is 6. The Kier molecular flexibility index (Phi) is 8.69. The van der Waals surface area contributed by atoms with Gasteiger partial charge in [0.15, 0.2) is 0 Å². The van der Waals surface area contributed by atoms with E-state index in [9.17, 15) is 24.5 Å². The second kappa shape index (κ2) is 11.0. The molecule has 0 aliphatic rings. The van der Waals surface area contributed by atoms with Gasteiger partial charge in [-0.3, -0.25) is 24.5 Å². The molecule has 2 atom stereocenters. The summed E-state index contributed by atoms with van der Waals surface area (Å²) in [5.74, 6) is -2.94. The fourth-order valence-corrected chi connectivity index (χ4v) is 4.24. The number of non-ortho nitro benzene ring substituents is 1. The fraction of sp³-hybridized carbons (Fsp3) is 0.250. The summed E-state index contributed by atoms with van der Waals surface area (Å²) in [6.45, 7) is 1.77. The van der Waals surface area contributed by atoms with E-state index in [2.05, 4.69) is 37.2 Å². The standard InChI is InChI=1S/C20H19Br2N3O6/c1-2-31-17(26)10-16(11-3-5-15(6-4-11)25(29)30)18(19(23)27)24-20(28)12-7-13(21)9-14(22)8-12/h3-9,16,18H,2,10H2,1H3,(H2,23,27)(H,24,28)/t16-,18-/m1/s1. The molecule has 0 bridgehead atoms. The van der Waals surface area contributed by atoms with Gasteiger partial charge in [0.25, 0.3) is 11.6 Å². The second-order valence-corrected chi connectivity index (χ2v) is 8.31. The third-order valence-electron chi connectivity index (χ3n) is 4.34. The van der Waals surface area contributed by atoms with Crippen LogP contribution in [0.4, 0.5) is 5.69 Å². The molecule has 0 unspecified atom stereocenters. The molecule has 0 aliphatic heterocycles. The Balaban J connectivity index is 2.40. The molecule has 9 nitrogen and oxygen atoms in total. The number of ether oxygens (including phenoxy) is 1. The summed E-state index contributed by atoms with van der Waals surface area (Å²) >= 11 is 6.59. The van der Waals surface area contributed by atoms with Gasteiger partial charge in [-0.15, -0.1) is 0 Å². The Morgan fingerprint density at radius 3 is 2.19 bits per heavy atom. The van der Waals surface area contributed by atoms with Crippen molar-refractivity contribution in [1.82, 2.24) is 5.32 Å². The van der Waals surface area contributed by atoms with Crippen LogP contribution in [-0.2, 0) is 14.3 Å². The highest BCUT2D eigenvalue weighted by molar-refractivity contribution is 9.11. The summed E-state index contributed by atoms with van der Waals surface area (Å²) < 4.78 is 6.26. The quantitative estimate of drug-likeness (QED) is 0.275. The van der Waals surface area contributed by atoms with Crippen LogP contribution in [0.1, 0.15) is 35.2 Å². The van der Waals surface area contributed by atoms with Crippen molar-refractivity contribution >= 4 is 55.3 Å². The number of nitro groups is 1. The van der Waals surface area contributed by atoms with Crippen molar-refractivity contribution in [1.29, 1.82) is 0 Å². The van der Waals surface area contributed by atoms with Crippen molar-refractivity contribution in [2.45, 2.75) is 25.3 Å². The van der Waals surface area contributed by atoms with Gasteiger partial charge in [0, 0.05) is 32.6 Å². The number of nitrogens with one attached hydrogen (secondary N) is 1. The van der Waals surface area contributed by atoms with E-state index >= 15 is 0 Å². The molecule has 11 heteroatoms. The van der Waals surface area contributed by atoms with Gasteiger partial charge >= 0.3 is 5.97 Å². The third-order valence-corrected chi connectivity index (χ3v) is 5.26. The molecule has 164 valence electrons. The molecule has 0 saturated carbocycles. The topological polar surface area (TPSA) is 142 Å². The Morgan fingerprint density at radius 2 is 1.71 bits per heavy atom. The molecular formula is C20H19Br2N3O6. The normalized spacial score (nSPS) is 12.5. The summed E-state index contributed by atoms with van der Waals surface area (Å²) in [5, 5.41) is 13.5. The zero-order valence-electron chi connectivity index (χ0n) is 16.3. The maximum Gasteiger partial charge on any atom is 0.306 e. The van der Waals surface area contributed by atoms with Gasteiger partial charge in [-0.25, -0.2) is 0 Å². The molecular weight excluding hydrogens is 538 g/mol. The first-order chi connectivity index (χ1) is 14.6. The van der Waals surface area contributed by atoms with E-state index < -0.39 is 34.7 Å². The number of nitrogens with zero attached hydrogens (tertiary/aromatic N) is 1. The van der Waals surface area contributed by atoms with E-state index in [0.717, 1.165) is 0 Å². The molecule has 31 heavy (non-hydrogen) atoms. The molecule has 2 amide bonds. The number of benzene rings is 2. The summed E-state index contributed by atoms with van der Waals surface area (Å²) in [7, 11) is 0. The molecule has 0 radical (unpaired) electrons. The maximum atomic E-state index is 12.8. The summed E-state index contributed by atoms with van der Waals surface area (Å²) in [4.78, 5) is 47.6. The zero-order valence-corrected chi connectivity index (χ0v) is 19.5. The number of carbonyl (C=O) groups excluding carboxylic acids is 3. The molecule has 0 heterocycles. The first-order valence-electron chi connectivity index (χ1n) is 9.08. The molecule has 2 rings (SSSR count). The average Bonchev–Trinajstić information content (AvgIpc) is 2.69. The minimum absolute atomic E-state index is 0.130. The van der Waals surface area contributed by atoms with Crippen LogP contribution in [0.15, 0.2) is 51.4 Å². The minimum Gasteiger partial charge on any atom is -0.466 e. The van der Waals surface area contributed by atoms with E-state index in [0.29, 0.717) is 14.5 Å². The van der Waals surface area contributed by atoms with Crippen LogP contribution in [0.2, 0.25) is 0 Å². The fourth-order valence-electron chi connectivity index (χ4n) is 2.95. The predicted octanol–water partition coefficient (Wildman–Crippen LogP) is 3.44. The molecule has 2 aromatic carbocycles. The third kappa shape index (κ3) is 6.86. The molecule has 0 fully saturated rings. The van der Waals surface area contributed by atoms with E-state index in [1.165, 1.54) is 24.3 Å². The van der Waals surface area contributed by atoms with Crippen molar-refractivity contribution in [3.63, 3.8) is 0 Å². The lowest BCUT2D eigenvalue weighted by atomic mass is 9.87. The lowest BCUT2D eigenvalue weighted by Gasteiger charge is -2.25. The van der Waals surface area contributed by atoms with E-state index in [4.69, 9.17) is 10.5 Å². The SMILES string of the molecule is CCOC(=O)C[C@H](c1ccc([N+](=O)[O-])cc1)[C@@H](NC(=O)c1cc(Br)cc(Br)c1)C(N)=O. The number of nitro benzene ring substituents is 1. The molecule has 0 aromatic heterocycles. The highest BCUT2D eigenvalue weighted by Crippen LogP contribution is 2.27. The Hall–Kier alpha value is -2.79. The Morgan fingerprint density at radius 1 is 1.13 bits per heavy atom. The van der Waals surface area contributed by atoms with Crippen LogP contribution in [-0.4, -0.2) is 35.4 Å². The summed E-state index contributed by atoms with van der Waals surface area (Å²) in [6, 6.07) is 8.92. The van der Waals surface area contributed by atoms with Crippen LogP contribution in [0, 0.1) is 10.1 Å². The number of amides is 2. The molecule has 0 saturated heterocycles. The van der Waals surface area contributed by atoms with E-state index in [1.54, 1.807) is 25.1 Å². The highest BCUT2D eigenvalue weighted by atomic mass is 79.9. The van der Waals surface area contributed by atoms with Gasteiger partial charge in [-0.05, 0) is 30.7 Å². The predicted molar refractivity (Wildman–Crippen MR) is 119 cm³/mol. The summed E-state index contributed by atoms with van der Waals surface area (Å²) in [6.07, 6.45) is -0.262. The van der Waals surface area contributed by atoms with Gasteiger partial charge in [-0.2, -0.15) is 0 Å². The van der Waals surface area contributed by atoms with Crippen molar-refractivity contribution in [2.75, 3.05) is 6.61 Å². The van der Waals surface area contributed by atoms with Gasteiger partial charge < -0.3 is 15.8 Å². The smallest absolute Gasteiger partial charge is 0.306 e. The van der Waals surface area contributed by atoms with Gasteiger partial charge in [-0.1, -0.05) is 44.0 Å². The maximum absolute atomic E-state index is 12.8. The van der Waals surface area contributed by atoms with Crippen LogP contribution < -0.4 is 11.1 Å². The minimum atomic E-state index is -1.27. The van der Waals surface area contributed by atoms with Gasteiger partial charge in [0.2, 0.25) is 5.91 Å². The lowest BCUT2D eigenvalue weighted by Crippen LogP contribution is -2.48. The van der Waals surface area contributed by atoms with Gasteiger partial charge in [0.1, 0.15) is 6.04 Å². The molecule has 0 spiro atoms. The zero-order chi connectivity index (χ0) is 23.1. The van der Waals surface area contributed by atoms with Crippen molar-refractivity contribution in [2.24, 2.45) is 5.73 Å². The number of carbonyl (C=O) groups is 3. The number of hydrogen-bond donors (Lipinski definition) is 2. The van der Waals surface area contributed by atoms with Crippen LogP contribution in [0.25, 0.3) is 0 Å². The van der Waals surface area contributed by atoms with Crippen molar-refractivity contribution in [3.05, 3.63) is 72.7 Å². The average molecular weight is 557 g/mol. The first-order valence-corrected chi connectivity index (χ1v) is 10.7. The monoisotopic (exact) mass is 555 g/mol. The number of primary amides is 1. The van der Waals surface area contributed by atoms with E-state index in [1.807, 2.05) is 0 Å². The number of nitrogens with two attached hydrogens (primary N) is 1.